The SMILES string of the molecule is Cc1sc(C(=O)N(C)CCCCc2ccccc2)cc1N. The highest BCUT2D eigenvalue weighted by molar-refractivity contribution is 7.14. The number of nitrogens with two attached hydrogens (primary N) is 1. The largest absolute Gasteiger partial charge is 0.398 e. The molecule has 1 aromatic carbocycles. The molecule has 0 aliphatic rings. The van der Waals surface area contributed by atoms with Gasteiger partial charge in [0.15, 0.2) is 0 Å². The average molecular weight is 302 g/mol. The van der Waals surface area contributed by atoms with E-state index in [-0.39, 0.29) is 5.91 Å². The van der Waals surface area contributed by atoms with Crippen molar-refractivity contribution < 1.29 is 4.79 Å². The molecule has 0 aliphatic heterocycles. The van der Waals surface area contributed by atoms with E-state index in [1.807, 2.05) is 20.0 Å². The summed E-state index contributed by atoms with van der Waals surface area (Å²) in [7, 11) is 1.86. The molecule has 0 fully saturated rings. The Bertz CT molecular complexity index is 573. The maximum absolute atomic E-state index is 12.3. The fourth-order valence-corrected chi connectivity index (χ4v) is 3.15. The first kappa shape index (κ1) is 15.6. The van der Waals surface area contributed by atoms with Crippen molar-refractivity contribution in [3.8, 4) is 0 Å². The van der Waals surface area contributed by atoms with Crippen LogP contribution >= 0.6 is 11.3 Å². The average Bonchev–Trinajstić information content (AvgIpc) is 2.83. The van der Waals surface area contributed by atoms with Crippen LogP contribution in [-0.4, -0.2) is 24.4 Å². The molecule has 1 amide bonds. The molecule has 2 rings (SSSR count). The van der Waals surface area contributed by atoms with Gasteiger partial charge in [0.2, 0.25) is 0 Å². The van der Waals surface area contributed by atoms with E-state index in [1.165, 1.54) is 16.9 Å². The summed E-state index contributed by atoms with van der Waals surface area (Å²) in [5, 5.41) is 0. The number of hydrogen-bond donors (Lipinski definition) is 1. The van der Waals surface area contributed by atoms with Crippen LogP contribution in [0.15, 0.2) is 36.4 Å². The second kappa shape index (κ2) is 7.27. The summed E-state index contributed by atoms with van der Waals surface area (Å²) in [6.45, 7) is 2.72. The van der Waals surface area contributed by atoms with Crippen LogP contribution in [0.3, 0.4) is 0 Å². The van der Waals surface area contributed by atoms with Gasteiger partial charge in [0.25, 0.3) is 5.91 Å². The number of aryl methyl sites for hydroxylation is 2. The van der Waals surface area contributed by atoms with Gasteiger partial charge in [-0.1, -0.05) is 30.3 Å². The molecule has 1 heterocycles. The van der Waals surface area contributed by atoms with E-state index >= 15 is 0 Å². The Hall–Kier alpha value is -1.81. The Morgan fingerprint density at radius 2 is 1.95 bits per heavy atom. The van der Waals surface area contributed by atoms with Gasteiger partial charge in [-0.2, -0.15) is 0 Å². The quantitative estimate of drug-likeness (QED) is 0.826. The minimum Gasteiger partial charge on any atom is -0.398 e. The number of rotatable bonds is 6. The van der Waals surface area contributed by atoms with E-state index in [9.17, 15) is 4.79 Å². The highest BCUT2D eigenvalue weighted by atomic mass is 32.1. The Morgan fingerprint density at radius 3 is 2.57 bits per heavy atom. The first-order chi connectivity index (χ1) is 10.1. The molecule has 2 N–H and O–H groups in total. The van der Waals surface area contributed by atoms with Crippen molar-refractivity contribution >= 4 is 22.9 Å². The first-order valence-corrected chi connectivity index (χ1v) is 8.05. The summed E-state index contributed by atoms with van der Waals surface area (Å²) in [5.74, 6) is 0.0690. The fourth-order valence-electron chi connectivity index (χ4n) is 2.21. The van der Waals surface area contributed by atoms with Crippen molar-refractivity contribution in [1.29, 1.82) is 0 Å². The lowest BCUT2D eigenvalue weighted by Gasteiger charge is -2.16. The van der Waals surface area contributed by atoms with Gasteiger partial charge < -0.3 is 10.6 Å². The van der Waals surface area contributed by atoms with Gasteiger partial charge in [-0.3, -0.25) is 4.79 Å². The second-order valence-corrected chi connectivity index (χ2v) is 6.55. The van der Waals surface area contributed by atoms with Gasteiger partial charge in [-0.25, -0.2) is 0 Å². The van der Waals surface area contributed by atoms with E-state index < -0.39 is 0 Å². The molecule has 2 aromatic rings. The molecule has 0 unspecified atom stereocenters. The van der Waals surface area contributed by atoms with Crippen LogP contribution in [0.5, 0.6) is 0 Å². The van der Waals surface area contributed by atoms with E-state index in [0.717, 1.165) is 35.6 Å². The Labute approximate surface area is 130 Å². The molecule has 0 radical (unpaired) electrons. The number of carbonyl (C=O) groups is 1. The minimum absolute atomic E-state index is 0.0690. The molecule has 1 aromatic heterocycles. The van der Waals surface area contributed by atoms with E-state index in [1.54, 1.807) is 11.0 Å². The molecule has 112 valence electrons. The predicted molar refractivity (Wildman–Crippen MR) is 89.8 cm³/mol. The second-order valence-electron chi connectivity index (χ2n) is 5.29. The van der Waals surface area contributed by atoms with Crippen molar-refractivity contribution in [2.24, 2.45) is 0 Å². The van der Waals surface area contributed by atoms with Crippen LogP contribution in [0.4, 0.5) is 5.69 Å². The lowest BCUT2D eigenvalue weighted by atomic mass is 10.1. The number of hydrogen-bond acceptors (Lipinski definition) is 3. The van der Waals surface area contributed by atoms with Crippen molar-refractivity contribution in [3.05, 3.63) is 51.7 Å². The number of nitrogens with zero attached hydrogens (tertiary/aromatic N) is 1. The molecule has 21 heavy (non-hydrogen) atoms. The molecule has 3 nitrogen and oxygen atoms in total. The zero-order chi connectivity index (χ0) is 15.2. The van der Waals surface area contributed by atoms with E-state index in [2.05, 4.69) is 24.3 Å². The van der Waals surface area contributed by atoms with Crippen molar-refractivity contribution in [1.82, 2.24) is 4.90 Å². The molecule has 0 saturated carbocycles. The summed E-state index contributed by atoms with van der Waals surface area (Å²) in [5.41, 5.74) is 7.87. The van der Waals surface area contributed by atoms with E-state index in [0.29, 0.717) is 5.69 Å². The number of anilines is 1. The Morgan fingerprint density at radius 1 is 1.24 bits per heavy atom. The molecule has 0 saturated heterocycles. The Kier molecular flexibility index (Phi) is 5.39. The summed E-state index contributed by atoms with van der Waals surface area (Å²) in [4.78, 5) is 15.8. The van der Waals surface area contributed by atoms with E-state index in [4.69, 9.17) is 5.73 Å². The van der Waals surface area contributed by atoms with Crippen LogP contribution in [0, 0.1) is 6.92 Å². The van der Waals surface area contributed by atoms with Gasteiger partial charge in [0.05, 0.1) is 4.88 Å². The normalized spacial score (nSPS) is 10.6. The number of unbranched alkanes of at least 4 members (excludes halogenated alkanes) is 1. The van der Waals surface area contributed by atoms with Crippen molar-refractivity contribution in [3.63, 3.8) is 0 Å². The first-order valence-electron chi connectivity index (χ1n) is 7.23. The molecule has 0 atom stereocenters. The summed E-state index contributed by atoms with van der Waals surface area (Å²) in [6, 6.07) is 12.2. The minimum atomic E-state index is 0.0690. The highest BCUT2D eigenvalue weighted by Gasteiger charge is 2.14. The van der Waals surface area contributed by atoms with Crippen molar-refractivity contribution in [2.75, 3.05) is 19.3 Å². The maximum atomic E-state index is 12.3. The van der Waals surface area contributed by atoms with Gasteiger partial charge in [0.1, 0.15) is 0 Å². The summed E-state index contributed by atoms with van der Waals surface area (Å²) >= 11 is 1.47. The fraction of sp³-hybridized carbons (Fsp3) is 0.353. The topological polar surface area (TPSA) is 46.3 Å². The van der Waals surface area contributed by atoms with Gasteiger partial charge in [0, 0.05) is 24.2 Å². The lowest BCUT2D eigenvalue weighted by Crippen LogP contribution is -2.27. The third-order valence-corrected chi connectivity index (χ3v) is 4.62. The smallest absolute Gasteiger partial charge is 0.263 e. The maximum Gasteiger partial charge on any atom is 0.263 e. The number of thiophene rings is 1. The standard InChI is InChI=1S/C17H22N2OS/c1-13-15(18)12-16(21-13)17(20)19(2)11-7-6-10-14-8-4-3-5-9-14/h3-5,8-9,12H,6-7,10-11,18H2,1-2H3. The number of benzene rings is 1. The van der Waals surface area contributed by atoms with Crippen LogP contribution in [0.2, 0.25) is 0 Å². The summed E-state index contributed by atoms with van der Waals surface area (Å²) < 4.78 is 0. The monoisotopic (exact) mass is 302 g/mol. The molecule has 0 aliphatic carbocycles. The number of nitrogen functional groups attached to an aromatic ring is 1. The zero-order valence-corrected chi connectivity index (χ0v) is 13.5. The molecular weight excluding hydrogens is 280 g/mol. The molecule has 0 bridgehead atoms. The summed E-state index contributed by atoms with van der Waals surface area (Å²) in [6.07, 6.45) is 3.16. The van der Waals surface area contributed by atoms with Gasteiger partial charge in [-0.15, -0.1) is 11.3 Å². The van der Waals surface area contributed by atoms with Gasteiger partial charge >= 0.3 is 0 Å². The van der Waals surface area contributed by atoms with Crippen molar-refractivity contribution in [2.45, 2.75) is 26.2 Å². The van der Waals surface area contributed by atoms with Gasteiger partial charge in [-0.05, 0) is 37.8 Å². The molecule has 4 heteroatoms. The molecule has 0 spiro atoms. The van der Waals surface area contributed by atoms with Crippen LogP contribution < -0.4 is 5.73 Å². The Balaban J connectivity index is 1.76. The van der Waals surface area contributed by atoms with Crippen LogP contribution in [-0.2, 0) is 6.42 Å². The van der Waals surface area contributed by atoms with Crippen LogP contribution in [0.25, 0.3) is 0 Å². The third-order valence-electron chi connectivity index (χ3n) is 3.57. The third kappa shape index (κ3) is 4.33. The highest BCUT2D eigenvalue weighted by Crippen LogP contribution is 2.24. The lowest BCUT2D eigenvalue weighted by molar-refractivity contribution is 0.0797. The van der Waals surface area contributed by atoms with Crippen LogP contribution in [0.1, 0.15) is 33.0 Å². The molecular formula is C17H22N2OS. The zero-order valence-electron chi connectivity index (χ0n) is 12.6. The number of amides is 1. The number of carbonyl (C=O) groups excluding carboxylic acids is 1. The predicted octanol–water partition coefficient (Wildman–Crippen LogP) is 3.73.